The van der Waals surface area contributed by atoms with Crippen molar-refractivity contribution in [3.63, 3.8) is 0 Å². The van der Waals surface area contributed by atoms with E-state index in [9.17, 15) is 8.42 Å². The Balaban J connectivity index is 2.54. The lowest BCUT2D eigenvalue weighted by Crippen LogP contribution is -2.26. The van der Waals surface area contributed by atoms with Crippen LogP contribution in [0.1, 0.15) is 6.42 Å². The average Bonchev–Trinajstić information content (AvgIpc) is 2.36. The fourth-order valence-electron chi connectivity index (χ4n) is 1.29. The van der Waals surface area contributed by atoms with Gasteiger partial charge in [-0.1, -0.05) is 29.3 Å². The number of benzene rings is 1. The second kappa shape index (κ2) is 8.34. The highest BCUT2D eigenvalue weighted by molar-refractivity contribution is 7.99. The number of nitrogens with one attached hydrogen (secondary N) is 1. The van der Waals surface area contributed by atoms with Gasteiger partial charge in [-0.2, -0.15) is 11.8 Å². The molecule has 0 saturated heterocycles. The average molecular weight is 344 g/mol. The van der Waals surface area contributed by atoms with Crippen molar-refractivity contribution in [2.45, 2.75) is 11.3 Å². The summed E-state index contributed by atoms with van der Waals surface area (Å²) in [5.41, 5.74) is 0. The summed E-state index contributed by atoms with van der Waals surface area (Å²) in [7, 11) is -3.64. The van der Waals surface area contributed by atoms with Crippen molar-refractivity contribution in [2.24, 2.45) is 0 Å². The summed E-state index contributed by atoms with van der Waals surface area (Å²) in [5, 5.41) is 8.85. The smallest absolute Gasteiger partial charge is 0.242 e. The summed E-state index contributed by atoms with van der Waals surface area (Å²) >= 11 is 13.2. The highest BCUT2D eigenvalue weighted by Gasteiger charge is 2.18. The minimum absolute atomic E-state index is 0.0120. The van der Waals surface area contributed by atoms with Gasteiger partial charge in [0.1, 0.15) is 4.90 Å². The van der Waals surface area contributed by atoms with E-state index >= 15 is 0 Å². The van der Waals surface area contributed by atoms with Gasteiger partial charge >= 0.3 is 0 Å². The molecule has 0 aliphatic heterocycles. The van der Waals surface area contributed by atoms with Crippen molar-refractivity contribution >= 4 is 45.0 Å². The van der Waals surface area contributed by atoms with Crippen molar-refractivity contribution in [1.29, 1.82) is 0 Å². The van der Waals surface area contributed by atoms with E-state index in [1.54, 1.807) is 17.8 Å². The maximum Gasteiger partial charge on any atom is 0.242 e. The molecule has 0 bridgehead atoms. The first-order chi connectivity index (χ1) is 8.99. The van der Waals surface area contributed by atoms with Crippen molar-refractivity contribution in [3.05, 3.63) is 28.2 Å². The maximum atomic E-state index is 12.0. The predicted molar refractivity (Wildman–Crippen MR) is 80.7 cm³/mol. The zero-order valence-corrected chi connectivity index (χ0v) is 13.2. The molecule has 2 N–H and O–H groups in total. The number of aliphatic hydroxyl groups excluding tert-OH is 1. The van der Waals surface area contributed by atoms with E-state index < -0.39 is 10.0 Å². The van der Waals surface area contributed by atoms with E-state index in [0.29, 0.717) is 18.7 Å². The summed E-state index contributed by atoms with van der Waals surface area (Å²) in [4.78, 5) is -0.0120. The van der Waals surface area contributed by atoms with Gasteiger partial charge in [0.2, 0.25) is 10.0 Å². The predicted octanol–water partition coefficient (Wildman–Crippen LogP) is 2.39. The minimum Gasteiger partial charge on any atom is -0.396 e. The van der Waals surface area contributed by atoms with Crippen LogP contribution in [0.2, 0.25) is 10.0 Å². The monoisotopic (exact) mass is 343 g/mol. The Kier molecular flexibility index (Phi) is 7.49. The largest absolute Gasteiger partial charge is 0.396 e. The van der Waals surface area contributed by atoms with E-state index in [0.717, 1.165) is 5.75 Å². The third-order valence-corrected chi connectivity index (χ3v) is 5.70. The van der Waals surface area contributed by atoms with Gasteiger partial charge in [0.15, 0.2) is 0 Å². The standard InChI is InChI=1S/C11H15Cl2NO3S2/c12-9-3-1-4-10(11(9)13)19(16,17)14-5-8-18-7-2-6-15/h1,3-4,14-15H,2,5-8H2. The summed E-state index contributed by atoms with van der Waals surface area (Å²) < 4.78 is 26.4. The Morgan fingerprint density at radius 3 is 2.68 bits per heavy atom. The molecule has 0 heterocycles. The van der Waals surface area contributed by atoms with Crippen LogP contribution in [-0.4, -0.2) is 38.2 Å². The lowest BCUT2D eigenvalue weighted by molar-refractivity contribution is 0.296. The molecule has 8 heteroatoms. The van der Waals surface area contributed by atoms with Crippen LogP contribution in [0.15, 0.2) is 23.1 Å². The van der Waals surface area contributed by atoms with E-state index in [2.05, 4.69) is 4.72 Å². The van der Waals surface area contributed by atoms with Crippen LogP contribution < -0.4 is 4.72 Å². The SMILES string of the molecule is O=S(=O)(NCCSCCCO)c1cccc(Cl)c1Cl. The van der Waals surface area contributed by atoms with Gasteiger partial charge < -0.3 is 5.11 Å². The van der Waals surface area contributed by atoms with Gasteiger partial charge in [0.05, 0.1) is 10.0 Å². The lowest BCUT2D eigenvalue weighted by Gasteiger charge is -2.08. The van der Waals surface area contributed by atoms with E-state index in [4.69, 9.17) is 28.3 Å². The third-order valence-electron chi connectivity index (χ3n) is 2.19. The zero-order valence-electron chi connectivity index (χ0n) is 10.1. The highest BCUT2D eigenvalue weighted by atomic mass is 35.5. The van der Waals surface area contributed by atoms with E-state index in [1.165, 1.54) is 12.1 Å². The molecule has 108 valence electrons. The zero-order chi connectivity index (χ0) is 14.3. The number of rotatable bonds is 8. The molecular formula is C11H15Cl2NO3S2. The maximum absolute atomic E-state index is 12.0. The molecule has 0 unspecified atom stereocenters. The molecule has 0 spiro atoms. The summed E-state index contributed by atoms with van der Waals surface area (Å²) in [6.07, 6.45) is 0.706. The van der Waals surface area contributed by atoms with Gasteiger partial charge in [0, 0.05) is 18.9 Å². The quantitative estimate of drug-likeness (QED) is 0.711. The second-order valence-electron chi connectivity index (χ2n) is 3.64. The molecule has 1 rings (SSSR count). The Morgan fingerprint density at radius 2 is 2.00 bits per heavy atom. The number of sulfonamides is 1. The highest BCUT2D eigenvalue weighted by Crippen LogP contribution is 2.28. The number of hydrogen-bond donors (Lipinski definition) is 2. The summed E-state index contributed by atoms with van der Waals surface area (Å²) in [5.74, 6) is 1.44. The molecule has 0 aromatic heterocycles. The van der Waals surface area contributed by atoms with Gasteiger partial charge in [-0.25, -0.2) is 13.1 Å². The van der Waals surface area contributed by atoms with Crippen molar-refractivity contribution in [3.8, 4) is 0 Å². The Morgan fingerprint density at radius 1 is 1.26 bits per heavy atom. The van der Waals surface area contributed by atoms with Gasteiger partial charge in [0.25, 0.3) is 0 Å². The molecule has 1 aromatic carbocycles. The Bertz CT molecular complexity index is 509. The number of hydrogen-bond acceptors (Lipinski definition) is 4. The lowest BCUT2D eigenvalue weighted by atomic mass is 10.4. The molecular weight excluding hydrogens is 329 g/mol. The van der Waals surface area contributed by atoms with Crippen LogP contribution in [0.3, 0.4) is 0 Å². The normalized spacial score (nSPS) is 11.7. The first-order valence-corrected chi connectivity index (χ1v) is 9.00. The Hall–Kier alpha value is 0.0200. The first kappa shape index (κ1) is 17.1. The first-order valence-electron chi connectivity index (χ1n) is 5.61. The van der Waals surface area contributed by atoms with Gasteiger partial charge in [-0.15, -0.1) is 0 Å². The minimum atomic E-state index is -3.64. The second-order valence-corrected chi connectivity index (χ2v) is 7.38. The molecule has 0 aliphatic rings. The van der Waals surface area contributed by atoms with Crippen LogP contribution >= 0.6 is 35.0 Å². The molecule has 1 aromatic rings. The molecule has 0 atom stereocenters. The topological polar surface area (TPSA) is 66.4 Å². The third kappa shape index (κ3) is 5.49. The van der Waals surface area contributed by atoms with Crippen molar-refractivity contribution < 1.29 is 13.5 Å². The van der Waals surface area contributed by atoms with Crippen molar-refractivity contribution in [1.82, 2.24) is 4.72 Å². The molecule has 4 nitrogen and oxygen atoms in total. The molecule has 0 aliphatic carbocycles. The van der Waals surface area contributed by atoms with Crippen LogP contribution in [0.4, 0.5) is 0 Å². The van der Waals surface area contributed by atoms with E-state index in [1.807, 2.05) is 0 Å². The van der Waals surface area contributed by atoms with Crippen molar-refractivity contribution in [2.75, 3.05) is 24.7 Å². The van der Waals surface area contributed by atoms with Gasteiger partial charge in [-0.05, 0) is 24.3 Å². The molecule has 0 fully saturated rings. The summed E-state index contributed by atoms with van der Waals surface area (Å²) in [6, 6.07) is 4.49. The number of thioether (sulfide) groups is 1. The van der Waals surface area contributed by atoms with Crippen LogP contribution in [0.5, 0.6) is 0 Å². The molecule has 19 heavy (non-hydrogen) atoms. The fraction of sp³-hybridized carbons (Fsp3) is 0.455. The van der Waals surface area contributed by atoms with E-state index in [-0.39, 0.29) is 21.5 Å². The van der Waals surface area contributed by atoms with Gasteiger partial charge in [-0.3, -0.25) is 0 Å². The molecule has 0 saturated carbocycles. The molecule has 0 radical (unpaired) electrons. The number of halogens is 2. The van der Waals surface area contributed by atoms with Crippen LogP contribution in [-0.2, 0) is 10.0 Å². The summed E-state index contributed by atoms with van der Waals surface area (Å²) in [6.45, 7) is 0.456. The fourth-order valence-corrected chi connectivity index (χ4v) is 3.99. The van der Waals surface area contributed by atoms with Crippen LogP contribution in [0.25, 0.3) is 0 Å². The van der Waals surface area contributed by atoms with Crippen LogP contribution in [0, 0.1) is 0 Å². The Labute approximate surface area is 127 Å². The molecule has 0 amide bonds. The number of aliphatic hydroxyl groups is 1.